The number of nitrogens with one attached hydrogen (secondary N) is 1. The number of aliphatic hydroxyl groups excluding tert-OH is 1. The second kappa shape index (κ2) is 5.10. The first-order valence-electron chi connectivity index (χ1n) is 4.61. The van der Waals surface area contributed by atoms with Gasteiger partial charge in [0.2, 0.25) is 0 Å². The fourth-order valence-corrected chi connectivity index (χ4v) is 2.05. The Balaban J connectivity index is 2.23. The Morgan fingerprint density at radius 1 is 1.53 bits per heavy atom. The number of nitrogens with zero attached hydrogens (tertiary/aromatic N) is 3. The van der Waals surface area contributed by atoms with Crippen LogP contribution in [0.4, 0.5) is 10.9 Å². The van der Waals surface area contributed by atoms with Gasteiger partial charge in [0.1, 0.15) is 21.9 Å². The van der Waals surface area contributed by atoms with Crippen LogP contribution in [0.3, 0.4) is 0 Å². The van der Waals surface area contributed by atoms with Crippen LogP contribution in [0.25, 0.3) is 0 Å². The van der Waals surface area contributed by atoms with Gasteiger partial charge in [-0.25, -0.2) is 9.97 Å². The summed E-state index contributed by atoms with van der Waals surface area (Å²) >= 11 is 7.01. The average molecular weight is 267 g/mol. The Morgan fingerprint density at radius 2 is 2.35 bits per heavy atom. The number of rotatable bonds is 3. The van der Waals surface area contributed by atoms with Gasteiger partial charge in [0.05, 0.1) is 12.8 Å². The van der Waals surface area contributed by atoms with Crippen LogP contribution in [-0.2, 0) is 6.61 Å². The fourth-order valence-electron chi connectivity index (χ4n) is 1.20. The lowest BCUT2D eigenvalue weighted by Crippen LogP contribution is -1.95. The van der Waals surface area contributed by atoms with E-state index in [-0.39, 0.29) is 11.8 Å². The summed E-state index contributed by atoms with van der Waals surface area (Å²) in [5.74, 6) is 0.486. The molecule has 0 spiro atoms. The molecule has 0 saturated heterocycles. The van der Waals surface area contributed by atoms with Crippen molar-refractivity contribution in [3.8, 4) is 6.07 Å². The molecule has 0 atom stereocenters. The first-order valence-corrected chi connectivity index (χ1v) is 5.81. The minimum atomic E-state index is -0.113. The Hall–Kier alpha value is -1.68. The summed E-state index contributed by atoms with van der Waals surface area (Å²) < 4.78 is 0. The zero-order chi connectivity index (χ0) is 12.3. The molecule has 0 fully saturated rings. The van der Waals surface area contributed by atoms with Crippen LogP contribution in [0.15, 0.2) is 18.3 Å². The molecule has 0 radical (unpaired) electrons. The second-order valence-electron chi connectivity index (χ2n) is 3.11. The third kappa shape index (κ3) is 2.91. The van der Waals surface area contributed by atoms with Gasteiger partial charge in [-0.15, -0.1) is 0 Å². The molecule has 86 valence electrons. The maximum Gasteiger partial charge on any atom is 0.189 e. The van der Waals surface area contributed by atoms with Crippen LogP contribution in [0.2, 0.25) is 5.15 Å². The van der Waals surface area contributed by atoms with Crippen molar-refractivity contribution in [2.75, 3.05) is 5.32 Å². The highest BCUT2D eigenvalue weighted by molar-refractivity contribution is 7.16. The van der Waals surface area contributed by atoms with E-state index in [9.17, 15) is 0 Å². The number of hydrogen-bond donors (Lipinski definition) is 2. The molecular weight excluding hydrogens is 260 g/mol. The fraction of sp³-hybridized carbons (Fsp3) is 0.100. The van der Waals surface area contributed by atoms with E-state index >= 15 is 0 Å². The van der Waals surface area contributed by atoms with Crippen molar-refractivity contribution in [1.82, 2.24) is 9.97 Å². The predicted octanol–water partition coefficient (Wildman–Crippen LogP) is 2.30. The summed E-state index contributed by atoms with van der Waals surface area (Å²) in [5, 5.41) is 21.5. The molecular formula is C10H7ClN4OS. The van der Waals surface area contributed by atoms with Gasteiger partial charge in [-0.2, -0.15) is 5.26 Å². The van der Waals surface area contributed by atoms with Crippen molar-refractivity contribution in [2.45, 2.75) is 6.61 Å². The van der Waals surface area contributed by atoms with Gasteiger partial charge in [-0.3, -0.25) is 0 Å². The van der Waals surface area contributed by atoms with Crippen LogP contribution in [0, 0.1) is 11.3 Å². The lowest BCUT2D eigenvalue weighted by Gasteiger charge is -2.04. The molecule has 0 unspecified atom stereocenters. The molecule has 5 nitrogen and oxygen atoms in total. The topological polar surface area (TPSA) is 81.8 Å². The minimum Gasteiger partial charge on any atom is -0.392 e. The quantitative estimate of drug-likeness (QED) is 0.833. The summed E-state index contributed by atoms with van der Waals surface area (Å²) in [6.45, 7) is -0.113. The molecule has 2 aromatic rings. The van der Waals surface area contributed by atoms with Gasteiger partial charge >= 0.3 is 0 Å². The molecule has 0 aliphatic carbocycles. The highest BCUT2D eigenvalue weighted by Crippen LogP contribution is 2.22. The zero-order valence-electron chi connectivity index (χ0n) is 8.51. The SMILES string of the molecule is N#Cc1cnc(Nc2cc(CO)cc(Cl)n2)s1. The predicted molar refractivity (Wildman–Crippen MR) is 65.3 cm³/mol. The summed E-state index contributed by atoms with van der Waals surface area (Å²) in [7, 11) is 0. The number of hydrogen-bond acceptors (Lipinski definition) is 6. The first kappa shape index (κ1) is 11.8. The molecule has 2 heterocycles. The summed E-state index contributed by atoms with van der Waals surface area (Å²) in [6, 6.07) is 5.24. The van der Waals surface area contributed by atoms with E-state index in [0.29, 0.717) is 21.4 Å². The largest absolute Gasteiger partial charge is 0.392 e. The van der Waals surface area contributed by atoms with E-state index in [1.165, 1.54) is 17.5 Å². The number of halogens is 1. The monoisotopic (exact) mass is 266 g/mol. The van der Waals surface area contributed by atoms with E-state index in [1.807, 2.05) is 6.07 Å². The molecule has 0 bridgehead atoms. The van der Waals surface area contributed by atoms with Crippen molar-refractivity contribution < 1.29 is 5.11 Å². The van der Waals surface area contributed by atoms with Gasteiger partial charge in [0, 0.05) is 0 Å². The molecule has 0 aliphatic rings. The summed E-state index contributed by atoms with van der Waals surface area (Å²) in [4.78, 5) is 8.56. The maximum absolute atomic E-state index is 9.02. The lowest BCUT2D eigenvalue weighted by molar-refractivity contribution is 0.282. The van der Waals surface area contributed by atoms with Crippen LogP contribution < -0.4 is 5.32 Å². The van der Waals surface area contributed by atoms with Gasteiger partial charge in [0.15, 0.2) is 5.13 Å². The third-order valence-electron chi connectivity index (χ3n) is 1.89. The first-order chi connectivity index (χ1) is 8.21. The zero-order valence-corrected chi connectivity index (χ0v) is 10.1. The standard InChI is InChI=1S/C10H7ClN4OS/c11-8-1-6(5-16)2-9(14-8)15-10-13-4-7(3-12)17-10/h1-2,4,16H,5H2,(H,13,14,15). The van der Waals surface area contributed by atoms with Crippen molar-refractivity contribution in [1.29, 1.82) is 5.26 Å². The molecule has 17 heavy (non-hydrogen) atoms. The number of anilines is 2. The van der Waals surface area contributed by atoms with Gasteiger partial charge in [-0.1, -0.05) is 22.9 Å². The second-order valence-corrected chi connectivity index (χ2v) is 4.53. The van der Waals surface area contributed by atoms with E-state index in [4.69, 9.17) is 22.0 Å². The highest BCUT2D eigenvalue weighted by Gasteiger charge is 2.04. The molecule has 0 aromatic carbocycles. The van der Waals surface area contributed by atoms with Crippen molar-refractivity contribution >= 4 is 33.9 Å². The van der Waals surface area contributed by atoms with Gasteiger partial charge in [-0.05, 0) is 17.7 Å². The number of aromatic nitrogens is 2. The average Bonchev–Trinajstić information content (AvgIpc) is 2.76. The third-order valence-corrected chi connectivity index (χ3v) is 2.90. The number of thiazole rings is 1. The Bertz CT molecular complexity index is 578. The molecule has 0 saturated carbocycles. The molecule has 0 amide bonds. The number of nitriles is 1. The van der Waals surface area contributed by atoms with Gasteiger partial charge in [0.25, 0.3) is 0 Å². The maximum atomic E-state index is 9.02. The number of aliphatic hydroxyl groups is 1. The Kier molecular flexibility index (Phi) is 3.54. The van der Waals surface area contributed by atoms with Crippen molar-refractivity contribution in [2.24, 2.45) is 0 Å². The normalized spacial score (nSPS) is 9.94. The number of pyridine rings is 1. The van der Waals surface area contributed by atoms with Crippen LogP contribution in [0.5, 0.6) is 0 Å². The minimum absolute atomic E-state index is 0.113. The Morgan fingerprint density at radius 3 is 3.00 bits per heavy atom. The smallest absolute Gasteiger partial charge is 0.189 e. The van der Waals surface area contributed by atoms with Crippen molar-refractivity contribution in [3.05, 3.63) is 33.9 Å². The van der Waals surface area contributed by atoms with Crippen LogP contribution in [0.1, 0.15) is 10.4 Å². The Labute approximate surface area is 106 Å². The van der Waals surface area contributed by atoms with E-state index < -0.39 is 0 Å². The lowest BCUT2D eigenvalue weighted by atomic mass is 10.3. The summed E-state index contributed by atoms with van der Waals surface area (Å²) in [5.41, 5.74) is 0.657. The molecule has 2 rings (SSSR count). The van der Waals surface area contributed by atoms with Crippen LogP contribution >= 0.6 is 22.9 Å². The molecule has 2 aromatic heterocycles. The highest BCUT2D eigenvalue weighted by atomic mass is 35.5. The van der Waals surface area contributed by atoms with E-state index in [2.05, 4.69) is 15.3 Å². The van der Waals surface area contributed by atoms with Crippen LogP contribution in [-0.4, -0.2) is 15.1 Å². The van der Waals surface area contributed by atoms with E-state index in [0.717, 1.165) is 0 Å². The molecule has 0 aliphatic heterocycles. The summed E-state index contributed by atoms with van der Waals surface area (Å²) in [6.07, 6.45) is 1.48. The van der Waals surface area contributed by atoms with Crippen molar-refractivity contribution in [3.63, 3.8) is 0 Å². The van der Waals surface area contributed by atoms with E-state index in [1.54, 1.807) is 12.1 Å². The molecule has 7 heteroatoms. The molecule has 2 N–H and O–H groups in total. The van der Waals surface area contributed by atoms with Gasteiger partial charge < -0.3 is 10.4 Å².